The van der Waals surface area contributed by atoms with E-state index in [9.17, 15) is 23.9 Å². The molecule has 2 aromatic rings. The van der Waals surface area contributed by atoms with E-state index in [-0.39, 0.29) is 35.8 Å². The van der Waals surface area contributed by atoms with Gasteiger partial charge in [-0.15, -0.1) is 0 Å². The van der Waals surface area contributed by atoms with Crippen molar-refractivity contribution >= 4 is 11.8 Å². The van der Waals surface area contributed by atoms with Gasteiger partial charge in [0.25, 0.3) is 11.8 Å². The molecule has 3 unspecified atom stereocenters. The molecule has 2 bridgehead atoms. The fourth-order valence-corrected chi connectivity index (χ4v) is 4.52. The number of carbonyl (C=O) groups excluding carboxylic acids is 2. The van der Waals surface area contributed by atoms with Crippen molar-refractivity contribution in [3.8, 4) is 5.75 Å². The topological polar surface area (TPSA) is 91.6 Å². The fourth-order valence-electron chi connectivity index (χ4n) is 4.52. The van der Waals surface area contributed by atoms with Crippen LogP contribution in [0.1, 0.15) is 64.7 Å². The average Bonchev–Trinajstić information content (AvgIpc) is 2.85. The maximum atomic E-state index is 14.1. The van der Waals surface area contributed by atoms with Crippen molar-refractivity contribution in [2.75, 3.05) is 6.54 Å². The highest BCUT2D eigenvalue weighted by atomic mass is 19.1. The molecule has 1 aromatic heterocycles. The van der Waals surface area contributed by atoms with Crippen molar-refractivity contribution < 1.29 is 19.1 Å². The summed E-state index contributed by atoms with van der Waals surface area (Å²) in [6, 6.07) is 4.54. The van der Waals surface area contributed by atoms with Gasteiger partial charge in [-0.3, -0.25) is 14.4 Å². The second kappa shape index (κ2) is 7.83. The van der Waals surface area contributed by atoms with Gasteiger partial charge in [-0.05, 0) is 44.2 Å². The first-order chi connectivity index (χ1) is 14.7. The number of amides is 2. The van der Waals surface area contributed by atoms with Crippen LogP contribution in [0.25, 0.3) is 0 Å². The van der Waals surface area contributed by atoms with Gasteiger partial charge in [-0.2, -0.15) is 0 Å². The third-order valence-corrected chi connectivity index (χ3v) is 6.54. The number of nitrogens with one attached hydrogen (secondary N) is 1. The minimum absolute atomic E-state index is 0.00980. The summed E-state index contributed by atoms with van der Waals surface area (Å²) in [5.41, 5.74) is -0.182. The Kier molecular flexibility index (Phi) is 5.33. The van der Waals surface area contributed by atoms with Gasteiger partial charge in [0.2, 0.25) is 5.43 Å². The molecule has 0 saturated carbocycles. The zero-order chi connectivity index (χ0) is 22.4. The number of halogens is 1. The maximum absolute atomic E-state index is 14.1. The molecule has 0 spiro atoms. The summed E-state index contributed by atoms with van der Waals surface area (Å²) in [6.45, 7) is 6.16. The fraction of sp³-hybridized carbons (Fsp3) is 0.435. The van der Waals surface area contributed by atoms with Crippen LogP contribution in [-0.4, -0.2) is 39.0 Å². The Bertz CT molecular complexity index is 1130. The zero-order valence-electron chi connectivity index (χ0n) is 17.8. The van der Waals surface area contributed by atoms with Gasteiger partial charge in [0.1, 0.15) is 11.4 Å². The molecule has 3 atom stereocenters. The Balaban J connectivity index is 1.69. The number of aromatic nitrogens is 1. The van der Waals surface area contributed by atoms with Gasteiger partial charge in [-0.1, -0.05) is 19.1 Å². The first kappa shape index (κ1) is 21.1. The van der Waals surface area contributed by atoms with E-state index in [0.29, 0.717) is 12.1 Å². The molecule has 2 aliphatic heterocycles. The molecule has 2 aliphatic rings. The van der Waals surface area contributed by atoms with Crippen LogP contribution < -0.4 is 10.7 Å². The molecule has 4 rings (SSSR count). The van der Waals surface area contributed by atoms with E-state index in [2.05, 4.69) is 12.2 Å². The van der Waals surface area contributed by atoms with Crippen LogP contribution in [0, 0.1) is 18.7 Å². The van der Waals surface area contributed by atoms with Gasteiger partial charge in [0.05, 0.1) is 6.04 Å². The van der Waals surface area contributed by atoms with Crippen LogP contribution in [0.4, 0.5) is 4.39 Å². The molecular weight excluding hydrogens is 401 g/mol. The van der Waals surface area contributed by atoms with E-state index >= 15 is 0 Å². The number of carbonyl (C=O) groups is 2. The molecule has 3 heterocycles. The molecule has 8 heteroatoms. The van der Waals surface area contributed by atoms with E-state index in [0.717, 1.165) is 18.4 Å². The molecule has 1 saturated heterocycles. The number of aryl methyl sites for hydroxylation is 1. The minimum atomic E-state index is -0.901. The lowest BCUT2D eigenvalue weighted by Gasteiger charge is -2.38. The molecule has 2 amide bonds. The summed E-state index contributed by atoms with van der Waals surface area (Å²) in [4.78, 5) is 40.2. The molecule has 1 fully saturated rings. The quantitative estimate of drug-likeness (QED) is 0.788. The van der Waals surface area contributed by atoms with Crippen molar-refractivity contribution in [2.45, 2.75) is 52.2 Å². The van der Waals surface area contributed by atoms with Crippen molar-refractivity contribution in [3.63, 3.8) is 0 Å². The molecule has 0 radical (unpaired) electrons. The van der Waals surface area contributed by atoms with Crippen LogP contribution in [0.15, 0.2) is 29.2 Å². The lowest BCUT2D eigenvalue weighted by Crippen LogP contribution is -2.48. The van der Waals surface area contributed by atoms with E-state index in [4.69, 9.17) is 0 Å². The van der Waals surface area contributed by atoms with Crippen molar-refractivity contribution in [1.82, 2.24) is 14.8 Å². The third kappa shape index (κ3) is 3.60. The number of aromatic hydroxyl groups is 1. The number of nitrogens with zero attached hydrogens (tertiary/aromatic N) is 2. The highest BCUT2D eigenvalue weighted by molar-refractivity contribution is 5.99. The second-order valence-electron chi connectivity index (χ2n) is 8.68. The summed E-state index contributed by atoms with van der Waals surface area (Å²) in [5.74, 6) is -2.09. The second-order valence-corrected chi connectivity index (χ2v) is 8.68. The molecule has 164 valence electrons. The smallest absolute Gasteiger partial charge is 0.274 e. The Morgan fingerprint density at radius 3 is 2.71 bits per heavy atom. The minimum Gasteiger partial charge on any atom is -0.503 e. The Morgan fingerprint density at radius 2 is 2.00 bits per heavy atom. The summed E-state index contributed by atoms with van der Waals surface area (Å²) in [5, 5.41) is 13.2. The summed E-state index contributed by atoms with van der Waals surface area (Å²) in [7, 11) is 0. The molecule has 2 N–H and O–H groups in total. The van der Waals surface area contributed by atoms with E-state index in [1.54, 1.807) is 28.5 Å². The number of fused-ring (bicyclic) bond motifs is 4. The number of rotatable bonds is 3. The average molecular weight is 427 g/mol. The Morgan fingerprint density at radius 1 is 1.26 bits per heavy atom. The number of hydrogen-bond acceptors (Lipinski definition) is 4. The van der Waals surface area contributed by atoms with E-state index in [1.165, 1.54) is 12.3 Å². The normalized spacial score (nSPS) is 22.6. The van der Waals surface area contributed by atoms with Crippen molar-refractivity contribution in [1.29, 1.82) is 0 Å². The van der Waals surface area contributed by atoms with Crippen LogP contribution >= 0.6 is 0 Å². The highest BCUT2D eigenvalue weighted by Crippen LogP contribution is 2.37. The molecule has 7 nitrogen and oxygen atoms in total. The third-order valence-electron chi connectivity index (χ3n) is 6.54. The van der Waals surface area contributed by atoms with Crippen LogP contribution in [0.5, 0.6) is 5.75 Å². The van der Waals surface area contributed by atoms with Gasteiger partial charge < -0.3 is 19.9 Å². The predicted octanol–water partition coefficient (Wildman–Crippen LogP) is 2.75. The summed E-state index contributed by atoms with van der Waals surface area (Å²) >= 11 is 0. The van der Waals surface area contributed by atoms with Gasteiger partial charge in [0.15, 0.2) is 11.4 Å². The van der Waals surface area contributed by atoms with Crippen molar-refractivity contribution in [2.24, 2.45) is 5.92 Å². The highest BCUT2D eigenvalue weighted by Gasteiger charge is 2.41. The van der Waals surface area contributed by atoms with Gasteiger partial charge in [-0.25, -0.2) is 4.39 Å². The molecule has 0 aliphatic carbocycles. The lowest BCUT2D eigenvalue weighted by atomic mass is 9.95. The number of hydrogen-bond donors (Lipinski definition) is 2. The Labute approximate surface area is 179 Å². The van der Waals surface area contributed by atoms with Crippen LogP contribution in [-0.2, 0) is 6.54 Å². The van der Waals surface area contributed by atoms with E-state index < -0.39 is 28.8 Å². The van der Waals surface area contributed by atoms with Crippen LogP contribution in [0.3, 0.4) is 0 Å². The monoisotopic (exact) mass is 427 g/mol. The zero-order valence-corrected chi connectivity index (χ0v) is 17.8. The SMILES string of the molecule is Cc1ccc(CNC(=O)c2cn3c(c(O)c2=O)C(=O)N2CC3C(C)CCC2C)c(F)c1. The van der Waals surface area contributed by atoms with Gasteiger partial charge >= 0.3 is 0 Å². The lowest BCUT2D eigenvalue weighted by molar-refractivity contribution is 0.0591. The largest absolute Gasteiger partial charge is 0.503 e. The maximum Gasteiger partial charge on any atom is 0.274 e. The van der Waals surface area contributed by atoms with Crippen molar-refractivity contribution in [3.05, 3.63) is 62.8 Å². The first-order valence-corrected chi connectivity index (χ1v) is 10.5. The standard InChI is InChI=1S/C23H26FN3O4/c1-12-4-7-15(17(24)8-12)9-25-22(30)16-10-27-18-11-26(14(3)6-5-13(18)2)23(31)19(27)21(29)20(16)28/h4,7-8,10,13-14,18,29H,5-6,9,11H2,1-3H3,(H,25,30). The first-order valence-electron chi connectivity index (χ1n) is 10.5. The summed E-state index contributed by atoms with van der Waals surface area (Å²) in [6.07, 6.45) is 3.08. The van der Waals surface area contributed by atoms with Crippen LogP contribution in [0.2, 0.25) is 0 Å². The van der Waals surface area contributed by atoms with Gasteiger partial charge in [0, 0.05) is 30.9 Å². The molecule has 31 heavy (non-hydrogen) atoms. The molecular formula is C23H26FN3O4. The Hall–Kier alpha value is -3.16. The molecule has 1 aromatic carbocycles. The number of pyridine rings is 1. The predicted molar refractivity (Wildman–Crippen MR) is 113 cm³/mol. The van der Waals surface area contributed by atoms with E-state index in [1.807, 2.05) is 6.92 Å². The summed E-state index contributed by atoms with van der Waals surface area (Å²) < 4.78 is 15.7. The number of benzene rings is 1.